The molecule has 0 spiro atoms. The van der Waals surface area contributed by atoms with E-state index < -0.39 is 0 Å². The fourth-order valence-corrected chi connectivity index (χ4v) is 26.1. The fourth-order valence-electron chi connectivity index (χ4n) is 26.1. The minimum Gasteiger partial charge on any atom is -0.0613 e. The summed E-state index contributed by atoms with van der Waals surface area (Å²) in [6, 6.07) is 118. The van der Waals surface area contributed by atoms with Crippen molar-refractivity contribution < 1.29 is 0 Å². The Labute approximate surface area is 866 Å². The average molecular weight is 1890 g/mol. The van der Waals surface area contributed by atoms with E-state index in [2.05, 4.69) is 374 Å². The van der Waals surface area contributed by atoms with Crippen molar-refractivity contribution in [3.8, 4) is 0 Å². The van der Waals surface area contributed by atoms with Gasteiger partial charge >= 0.3 is 0 Å². The topological polar surface area (TPSA) is 0 Å². The molecular formula is C144H156. The van der Waals surface area contributed by atoms with E-state index in [-0.39, 0.29) is 0 Å². The molecule has 38 aliphatic carbocycles. The zero-order chi connectivity index (χ0) is 99.1. The van der Waals surface area contributed by atoms with E-state index in [4.69, 9.17) is 0 Å². The van der Waals surface area contributed by atoms with E-state index in [1.165, 1.54) is 134 Å². The molecule has 0 saturated heterocycles. The molecule has 0 heteroatoms. The third-order valence-electron chi connectivity index (χ3n) is 34.0. The van der Waals surface area contributed by atoms with Crippen molar-refractivity contribution in [3.63, 3.8) is 0 Å². The monoisotopic (exact) mass is 1890 g/mol. The van der Waals surface area contributed by atoms with Crippen LogP contribution in [-0.4, -0.2) is 0 Å². The van der Waals surface area contributed by atoms with Gasteiger partial charge in [-0.15, -0.1) is 0 Å². The van der Waals surface area contributed by atoms with Crippen LogP contribution >= 0.6 is 0 Å². The molecule has 0 aromatic heterocycles. The molecule has 36 bridgehead atoms. The van der Waals surface area contributed by atoms with E-state index in [1.807, 2.05) is 0 Å². The number of hydrogen-bond donors (Lipinski definition) is 0. The third kappa shape index (κ3) is 22.9. The first-order valence-corrected chi connectivity index (χ1v) is 56.3. The van der Waals surface area contributed by atoms with Crippen LogP contribution in [0.1, 0.15) is 350 Å². The molecule has 0 heterocycles. The normalized spacial score (nSPS) is 13.9. The van der Waals surface area contributed by atoms with Gasteiger partial charge < -0.3 is 0 Å². The zero-order valence-electron chi connectivity index (χ0n) is 89.2. The average Bonchev–Trinajstić information content (AvgIpc) is 0.770. The molecule has 0 atom stereocenters. The maximum absolute atomic E-state index is 2.48. The summed E-state index contributed by atoms with van der Waals surface area (Å²) >= 11 is 0. The van der Waals surface area contributed by atoms with Crippen molar-refractivity contribution in [2.45, 2.75) is 314 Å². The van der Waals surface area contributed by atoms with E-state index >= 15 is 0 Å². The van der Waals surface area contributed by atoms with Gasteiger partial charge in [-0.3, -0.25) is 0 Å². The highest BCUT2D eigenvalue weighted by molar-refractivity contribution is 5.63. The van der Waals surface area contributed by atoms with E-state index in [0.717, 1.165) is 231 Å². The zero-order valence-corrected chi connectivity index (χ0v) is 89.2. The van der Waals surface area contributed by atoms with Crippen molar-refractivity contribution in [2.24, 2.45) is 0 Å². The summed E-state index contributed by atoms with van der Waals surface area (Å²) < 4.78 is 0. The lowest BCUT2D eigenvalue weighted by molar-refractivity contribution is 0.895. The van der Waals surface area contributed by atoms with Crippen LogP contribution in [0.4, 0.5) is 0 Å². The lowest BCUT2D eigenvalue weighted by Crippen LogP contribution is -2.14. The van der Waals surface area contributed by atoms with Crippen molar-refractivity contribution in [2.75, 3.05) is 0 Å². The molecule has 0 radical (unpaired) electrons. The van der Waals surface area contributed by atoms with Crippen LogP contribution in [0.25, 0.3) is 0 Å². The largest absolute Gasteiger partial charge is 0.0613 e. The Morgan fingerprint density at radius 2 is 0.146 bits per heavy atom. The molecule has 16 aromatic carbocycles. The summed E-state index contributed by atoms with van der Waals surface area (Å²) in [4.78, 5) is 0. The summed E-state index contributed by atoms with van der Waals surface area (Å²) in [5.74, 6) is 0. The molecule has 0 unspecified atom stereocenters. The van der Waals surface area contributed by atoms with Gasteiger partial charge in [0.2, 0.25) is 0 Å². The van der Waals surface area contributed by atoms with Crippen LogP contribution in [0.5, 0.6) is 0 Å². The first kappa shape index (κ1) is 100. The Kier molecular flexibility index (Phi) is 32.8. The minimum atomic E-state index is 0.929. The molecule has 732 valence electrons. The second-order valence-corrected chi connectivity index (χ2v) is 42.6. The van der Waals surface area contributed by atoms with E-state index in [9.17, 15) is 0 Å². The predicted molar refractivity (Wildman–Crippen MR) is 614 cm³/mol. The summed E-state index contributed by atoms with van der Waals surface area (Å²) in [5.41, 5.74) is 71.2. The number of benzene rings is 16. The summed E-state index contributed by atoms with van der Waals surface area (Å²) in [5, 5.41) is 0. The van der Waals surface area contributed by atoms with Gasteiger partial charge in [0.05, 0.1) is 0 Å². The summed E-state index contributed by atoms with van der Waals surface area (Å²) in [6.45, 7) is 29.3. The molecule has 144 heavy (non-hydrogen) atoms. The highest BCUT2D eigenvalue weighted by atomic mass is 14.3. The van der Waals surface area contributed by atoms with Crippen LogP contribution in [0.2, 0.25) is 0 Å². The SMILES string of the molecule is CCc1c2c(CC)c3c(CC)c1Cc1ccc(cc1)CCc1ccc(cc1)Cc1c(CC)c4c(CC)c(c1CC)Cc1ccc(cc1)CCc1ccc(cc1)Cc1c(CC)c(c(CC)c(c1CC)Cc1ccc(cc1)CCc1ccc(cc1)Cc1c(CC)c(c(CC)c(c1CC)Cc1ccc(cc1)CCc1ccc(cc1)C4)Cc1ccc(cc1)CCc1ccc(cc1)C2)Cc1ccc(cc1)CCc1ccc(cc1)C3. The fraction of sp³-hybridized carbons (Fsp3) is 0.333. The number of rotatable bonds is 12. The van der Waals surface area contributed by atoms with Gasteiger partial charge in [-0.2, -0.15) is 0 Å². The van der Waals surface area contributed by atoms with Gasteiger partial charge in [-0.25, -0.2) is 0 Å². The van der Waals surface area contributed by atoms with Gasteiger partial charge in [-0.1, -0.05) is 374 Å². The van der Waals surface area contributed by atoms with Crippen LogP contribution in [0.3, 0.4) is 0 Å². The quantitative estimate of drug-likeness (QED) is 0.114. The molecule has 38 aliphatic rings. The van der Waals surface area contributed by atoms with Crippen LogP contribution in [0.15, 0.2) is 291 Å². The number of aryl methyl sites for hydroxylation is 12. The number of hydrogen-bond acceptors (Lipinski definition) is 0. The van der Waals surface area contributed by atoms with Crippen LogP contribution < -0.4 is 0 Å². The maximum Gasteiger partial charge on any atom is -0.00201 e. The van der Waals surface area contributed by atoms with Crippen LogP contribution in [0, 0.1) is 0 Å². The molecule has 54 rings (SSSR count). The Balaban J connectivity index is 0.766. The van der Waals surface area contributed by atoms with E-state index in [0.29, 0.717) is 0 Å². The first-order chi connectivity index (χ1) is 70.7. The van der Waals surface area contributed by atoms with Gasteiger partial charge in [0.1, 0.15) is 0 Å². The molecule has 0 fully saturated rings. The second-order valence-electron chi connectivity index (χ2n) is 42.6. The minimum absolute atomic E-state index is 0.929. The van der Waals surface area contributed by atoms with Crippen molar-refractivity contribution >= 4 is 0 Å². The first-order valence-electron chi connectivity index (χ1n) is 56.3. The summed E-state index contributed by atoms with van der Waals surface area (Å²) in [6.07, 6.45) is 35.2. The molecule has 0 nitrogen and oxygen atoms in total. The van der Waals surface area contributed by atoms with Gasteiger partial charge in [0.25, 0.3) is 0 Å². The van der Waals surface area contributed by atoms with Gasteiger partial charge in [-0.05, 0) is 498 Å². The lowest BCUT2D eigenvalue weighted by Gasteiger charge is -2.27. The third-order valence-corrected chi connectivity index (χ3v) is 34.0. The molecule has 0 N–H and O–H groups in total. The maximum atomic E-state index is 2.48. The second kappa shape index (κ2) is 47.1. The summed E-state index contributed by atoms with van der Waals surface area (Å²) in [7, 11) is 0. The van der Waals surface area contributed by atoms with Crippen molar-refractivity contribution in [1.82, 2.24) is 0 Å². The molecule has 0 amide bonds. The van der Waals surface area contributed by atoms with Gasteiger partial charge in [0, 0.05) is 0 Å². The Hall–Kier alpha value is -12.5. The molecule has 0 saturated carbocycles. The Bertz CT molecular complexity index is 5440. The van der Waals surface area contributed by atoms with Gasteiger partial charge in [0.15, 0.2) is 0 Å². The van der Waals surface area contributed by atoms with Crippen molar-refractivity contribution in [3.05, 3.63) is 558 Å². The molecule has 16 aromatic rings. The highest BCUT2D eigenvalue weighted by Gasteiger charge is 2.30. The van der Waals surface area contributed by atoms with E-state index in [1.54, 1.807) is 134 Å². The Morgan fingerprint density at radius 1 is 0.0903 bits per heavy atom. The molecular weight excluding hydrogens is 1730 g/mol. The Morgan fingerprint density at radius 3 is 0.201 bits per heavy atom. The molecule has 0 aliphatic heterocycles. The van der Waals surface area contributed by atoms with Crippen molar-refractivity contribution in [1.29, 1.82) is 0 Å². The smallest absolute Gasteiger partial charge is 0.00201 e. The predicted octanol–water partition coefficient (Wildman–Crippen LogP) is 33.2. The lowest BCUT2D eigenvalue weighted by atomic mass is 9.78. The highest BCUT2D eigenvalue weighted by Crippen LogP contribution is 2.43. The van der Waals surface area contributed by atoms with Crippen LogP contribution in [-0.2, 0) is 231 Å². The standard InChI is InChI=1S/C144H156/c1-13-121-133-85-109-61-37-97(38-62-109)25-27-100-43-67-112(68-44-100)88-136-124(16-4)139-91-115-73-49-103(50-74-115)31-32-104-51-75-116(76-52-104)92-140-125(17-5)137-89-113-69-45-101(46-70-113)28-26-98-39-63-110(64-40-98)86-134(121)123(15-3)135(122(133)14-2)87-111-65-41-99(42-66-111)29-30-102-47-71-114(72-48-102)90-138-128(20-8)143(95-119-81-57-107(58-82-119)35-33-105-53-77-117(78-54-105)93-141(126(136)18-6)130(139)22-10)132(24-12)144(129(138)21-9)96-120-83-59-108(60-84-120)36-34-106-55-79-118(80-56-106)94-142(127(137)19-7)131(140)23-11/h37-84H,13-36,85-96H2,1-12H3.